The summed E-state index contributed by atoms with van der Waals surface area (Å²) in [6, 6.07) is 13.2. The molecule has 5 nitrogen and oxygen atoms in total. The Balaban J connectivity index is 2.28. The SMILES string of the molecule is CC(C)c1cc(O)c(S(=O)(=O)c2ccc(Cl)cc2)cc1S(=O)(=O)c1ccc(Cl)cc1. The topological polar surface area (TPSA) is 88.5 Å². The van der Waals surface area contributed by atoms with Crippen LogP contribution >= 0.6 is 23.2 Å². The smallest absolute Gasteiger partial charge is 0.210 e. The van der Waals surface area contributed by atoms with E-state index in [0.29, 0.717) is 15.6 Å². The number of rotatable bonds is 5. The quantitative estimate of drug-likeness (QED) is 0.517. The van der Waals surface area contributed by atoms with Gasteiger partial charge in [-0.15, -0.1) is 0 Å². The number of hydrogen-bond acceptors (Lipinski definition) is 5. The van der Waals surface area contributed by atoms with Crippen molar-refractivity contribution >= 4 is 42.9 Å². The van der Waals surface area contributed by atoms with Crippen LogP contribution in [0.2, 0.25) is 10.0 Å². The van der Waals surface area contributed by atoms with Gasteiger partial charge in [-0.1, -0.05) is 37.0 Å². The molecule has 9 heteroatoms. The predicted octanol–water partition coefficient (Wildman–Crippen LogP) is 5.49. The van der Waals surface area contributed by atoms with Gasteiger partial charge in [-0.2, -0.15) is 0 Å². The van der Waals surface area contributed by atoms with Crippen molar-refractivity contribution in [1.29, 1.82) is 0 Å². The van der Waals surface area contributed by atoms with Gasteiger partial charge in [-0.25, -0.2) is 16.8 Å². The molecule has 0 bridgehead atoms. The fourth-order valence-corrected chi connectivity index (χ4v) is 6.25. The van der Waals surface area contributed by atoms with Gasteiger partial charge in [0.15, 0.2) is 0 Å². The fourth-order valence-electron chi connectivity index (χ4n) is 2.95. The third-order valence-corrected chi connectivity index (χ3v) is 8.67. The van der Waals surface area contributed by atoms with Crippen LogP contribution in [-0.4, -0.2) is 21.9 Å². The number of hydrogen-bond donors (Lipinski definition) is 1. The third kappa shape index (κ3) is 4.21. The summed E-state index contributed by atoms with van der Waals surface area (Å²) in [7, 11) is -8.27. The van der Waals surface area contributed by atoms with Crippen LogP contribution in [0.4, 0.5) is 0 Å². The molecule has 0 aliphatic rings. The first-order valence-corrected chi connectivity index (χ1v) is 12.5. The average molecular weight is 485 g/mol. The van der Waals surface area contributed by atoms with Crippen molar-refractivity contribution in [3.63, 3.8) is 0 Å². The van der Waals surface area contributed by atoms with Gasteiger partial charge in [0.25, 0.3) is 0 Å². The molecule has 0 saturated carbocycles. The summed E-state index contributed by atoms with van der Waals surface area (Å²) in [4.78, 5) is -0.837. The van der Waals surface area contributed by atoms with E-state index in [0.717, 1.165) is 6.07 Å². The molecule has 0 fully saturated rings. The summed E-state index contributed by atoms with van der Waals surface area (Å²) in [6.45, 7) is 3.51. The van der Waals surface area contributed by atoms with E-state index in [2.05, 4.69) is 0 Å². The second kappa shape index (κ2) is 8.23. The molecule has 0 amide bonds. The van der Waals surface area contributed by atoms with Crippen molar-refractivity contribution in [3.8, 4) is 5.75 Å². The van der Waals surface area contributed by atoms with Crippen molar-refractivity contribution in [2.45, 2.75) is 39.3 Å². The zero-order valence-electron chi connectivity index (χ0n) is 16.0. The minimum Gasteiger partial charge on any atom is -0.507 e. The highest BCUT2D eigenvalue weighted by atomic mass is 35.5. The van der Waals surface area contributed by atoms with E-state index in [1.165, 1.54) is 54.6 Å². The molecule has 0 heterocycles. The number of aromatic hydroxyl groups is 1. The molecule has 1 N–H and O–H groups in total. The maximum atomic E-state index is 13.3. The zero-order valence-corrected chi connectivity index (χ0v) is 19.1. The van der Waals surface area contributed by atoms with Crippen LogP contribution in [0.1, 0.15) is 25.3 Å². The van der Waals surface area contributed by atoms with Crippen molar-refractivity contribution in [3.05, 3.63) is 76.3 Å². The van der Waals surface area contributed by atoms with Crippen LogP contribution in [0, 0.1) is 0 Å². The standard InChI is InChI=1S/C21H18Cl2O5S2/c1-13(2)18-11-19(24)21(30(27,28)17-9-5-15(23)6-10-17)12-20(18)29(25,26)16-7-3-14(22)4-8-16/h3-13,24H,1-2H3. The molecular formula is C21H18Cl2O5S2. The molecule has 3 rings (SSSR count). The van der Waals surface area contributed by atoms with Gasteiger partial charge < -0.3 is 5.11 Å². The largest absolute Gasteiger partial charge is 0.507 e. The van der Waals surface area contributed by atoms with E-state index < -0.39 is 30.3 Å². The molecule has 0 saturated heterocycles. The minimum atomic E-state index is -4.19. The van der Waals surface area contributed by atoms with Gasteiger partial charge in [0.05, 0.1) is 14.7 Å². The summed E-state index contributed by atoms with van der Waals surface area (Å²) in [5, 5.41) is 11.2. The summed E-state index contributed by atoms with van der Waals surface area (Å²) in [5.41, 5.74) is 0.303. The van der Waals surface area contributed by atoms with Crippen molar-refractivity contribution in [1.82, 2.24) is 0 Å². The molecule has 0 radical (unpaired) electrons. The number of phenolic OH excluding ortho intramolecular Hbond substituents is 1. The molecule has 0 unspecified atom stereocenters. The molecule has 3 aromatic rings. The number of halogens is 2. The van der Waals surface area contributed by atoms with Gasteiger partial charge in [0, 0.05) is 10.0 Å². The normalized spacial score (nSPS) is 12.3. The lowest BCUT2D eigenvalue weighted by molar-refractivity contribution is 0.456. The maximum Gasteiger partial charge on any atom is 0.210 e. The molecule has 0 aliphatic heterocycles. The molecule has 158 valence electrons. The predicted molar refractivity (Wildman–Crippen MR) is 116 cm³/mol. The van der Waals surface area contributed by atoms with Crippen LogP contribution < -0.4 is 0 Å². The Morgan fingerprint density at radius 2 is 1.10 bits per heavy atom. The Bertz CT molecular complexity index is 1300. The summed E-state index contributed by atoms with van der Waals surface area (Å²) < 4.78 is 52.8. The lowest BCUT2D eigenvalue weighted by Crippen LogP contribution is -2.10. The second-order valence-corrected chi connectivity index (χ2v) is 11.6. The first-order valence-electron chi connectivity index (χ1n) is 8.83. The van der Waals surface area contributed by atoms with Gasteiger partial charge in [-0.05, 0) is 72.1 Å². The monoisotopic (exact) mass is 484 g/mol. The molecule has 30 heavy (non-hydrogen) atoms. The van der Waals surface area contributed by atoms with E-state index >= 15 is 0 Å². The molecular weight excluding hydrogens is 467 g/mol. The van der Waals surface area contributed by atoms with Crippen LogP contribution in [0.25, 0.3) is 0 Å². The Morgan fingerprint density at radius 3 is 1.50 bits per heavy atom. The van der Waals surface area contributed by atoms with Gasteiger partial charge in [0.2, 0.25) is 19.7 Å². The van der Waals surface area contributed by atoms with Crippen LogP contribution in [0.5, 0.6) is 5.75 Å². The lowest BCUT2D eigenvalue weighted by atomic mass is 10.0. The van der Waals surface area contributed by atoms with Gasteiger partial charge in [0.1, 0.15) is 10.6 Å². The second-order valence-electron chi connectivity index (χ2n) is 6.93. The molecule has 0 atom stereocenters. The number of benzene rings is 3. The van der Waals surface area contributed by atoms with E-state index in [4.69, 9.17) is 23.2 Å². The Kier molecular flexibility index (Phi) is 6.20. The molecule has 0 aliphatic carbocycles. The summed E-state index contributed by atoms with van der Waals surface area (Å²) in [5.74, 6) is -0.816. The van der Waals surface area contributed by atoms with E-state index in [1.54, 1.807) is 13.8 Å². The van der Waals surface area contributed by atoms with Crippen molar-refractivity contribution in [2.75, 3.05) is 0 Å². The summed E-state index contributed by atoms with van der Waals surface area (Å²) >= 11 is 11.7. The van der Waals surface area contributed by atoms with E-state index in [-0.39, 0.29) is 20.6 Å². The van der Waals surface area contributed by atoms with Crippen molar-refractivity contribution < 1.29 is 21.9 Å². The van der Waals surface area contributed by atoms with Crippen LogP contribution in [0.15, 0.2) is 80.2 Å². The maximum absolute atomic E-state index is 13.3. The fraction of sp³-hybridized carbons (Fsp3) is 0.143. The average Bonchev–Trinajstić information content (AvgIpc) is 2.68. The summed E-state index contributed by atoms with van der Waals surface area (Å²) in [6.07, 6.45) is 0. The highest BCUT2D eigenvalue weighted by molar-refractivity contribution is 7.92. The van der Waals surface area contributed by atoms with Gasteiger partial charge >= 0.3 is 0 Å². The Hall–Kier alpha value is -2.06. The van der Waals surface area contributed by atoms with E-state index in [9.17, 15) is 21.9 Å². The van der Waals surface area contributed by atoms with Gasteiger partial charge in [-0.3, -0.25) is 0 Å². The number of sulfone groups is 2. The van der Waals surface area contributed by atoms with Crippen LogP contribution in [0.3, 0.4) is 0 Å². The Labute approximate surface area is 185 Å². The highest BCUT2D eigenvalue weighted by Gasteiger charge is 2.29. The molecule has 0 aromatic heterocycles. The zero-order chi connectivity index (χ0) is 22.3. The Morgan fingerprint density at radius 1 is 0.700 bits per heavy atom. The van der Waals surface area contributed by atoms with Crippen LogP contribution in [-0.2, 0) is 19.7 Å². The first-order chi connectivity index (χ1) is 13.9. The molecule has 0 spiro atoms. The first kappa shape index (κ1) is 22.6. The van der Waals surface area contributed by atoms with Crippen molar-refractivity contribution in [2.24, 2.45) is 0 Å². The third-order valence-electron chi connectivity index (χ3n) is 4.54. The number of phenols is 1. The molecule has 3 aromatic carbocycles. The highest BCUT2D eigenvalue weighted by Crippen LogP contribution is 2.38. The minimum absolute atomic E-state index is 0.0330. The lowest BCUT2D eigenvalue weighted by Gasteiger charge is -2.17. The van der Waals surface area contributed by atoms with E-state index in [1.807, 2.05) is 0 Å².